The molecule has 0 spiro atoms. The number of rotatable bonds is 16. The molecule has 5 N–H and O–H groups in total. The number of pyridine rings is 1. The Morgan fingerprint density at radius 1 is 1.10 bits per heavy atom. The molecule has 62 heavy (non-hydrogen) atoms. The maximum absolute atomic E-state index is 14.8. The average molecular weight is 897 g/mol. The maximum Gasteiger partial charge on any atom is 0.408 e. The van der Waals surface area contributed by atoms with Crippen molar-refractivity contribution in [3.63, 3.8) is 0 Å². The highest BCUT2D eigenvalue weighted by atomic mass is 32.1. The minimum absolute atomic E-state index is 0.00146. The lowest BCUT2D eigenvalue weighted by molar-refractivity contribution is -0.153. The summed E-state index contributed by atoms with van der Waals surface area (Å²) in [5.41, 5.74) is -0.149. The van der Waals surface area contributed by atoms with Crippen molar-refractivity contribution < 1.29 is 52.5 Å². The van der Waals surface area contributed by atoms with E-state index in [0.29, 0.717) is 39.6 Å². The fourth-order valence-electron chi connectivity index (χ4n) is 7.95. The van der Waals surface area contributed by atoms with Gasteiger partial charge in [-0.05, 0) is 69.9 Å². The third-order valence-corrected chi connectivity index (χ3v) is 12.2. The Morgan fingerprint density at radius 3 is 2.48 bits per heavy atom. The average Bonchev–Trinajstić information content (AvgIpc) is 4.03. The summed E-state index contributed by atoms with van der Waals surface area (Å²) in [7, 11) is -4.49. The Balaban J connectivity index is 1.36. The number of nitrogens with one attached hydrogen (secondary N) is 3. The summed E-state index contributed by atoms with van der Waals surface area (Å²) in [6, 6.07) is 4.28. The lowest BCUT2D eigenvalue weighted by Gasteiger charge is -2.36. The number of amides is 3. The number of esters is 1. The molecule has 336 valence electrons. The van der Waals surface area contributed by atoms with Gasteiger partial charge in [-0.2, -0.15) is 0 Å². The zero-order valence-corrected chi connectivity index (χ0v) is 37.5. The van der Waals surface area contributed by atoms with Crippen molar-refractivity contribution in [2.24, 2.45) is 5.41 Å². The van der Waals surface area contributed by atoms with Crippen LogP contribution >= 0.6 is 18.9 Å². The molecule has 1 aliphatic heterocycles. The fourth-order valence-corrected chi connectivity index (χ4v) is 9.12. The predicted octanol–water partition coefficient (Wildman–Crippen LogP) is 6.45. The molecule has 0 unspecified atom stereocenters. The van der Waals surface area contributed by atoms with Gasteiger partial charge in [0.15, 0.2) is 11.5 Å². The van der Waals surface area contributed by atoms with Gasteiger partial charge in [0, 0.05) is 41.8 Å². The van der Waals surface area contributed by atoms with Gasteiger partial charge in [0.1, 0.15) is 53.6 Å². The molecule has 1 aromatic carbocycles. The van der Waals surface area contributed by atoms with Crippen LogP contribution in [-0.2, 0) is 28.4 Å². The Hall–Kier alpha value is -5.03. The van der Waals surface area contributed by atoms with Gasteiger partial charge in [0.25, 0.3) is 0 Å². The summed E-state index contributed by atoms with van der Waals surface area (Å²) in [6.07, 6.45) is 3.11. The van der Waals surface area contributed by atoms with Crippen LogP contribution in [0.1, 0.15) is 86.0 Å². The second-order valence-corrected chi connectivity index (χ2v) is 20.0. The molecule has 3 aromatic rings. The van der Waals surface area contributed by atoms with Crippen LogP contribution in [0.3, 0.4) is 0 Å². The molecule has 3 amide bonds. The molecule has 3 fully saturated rings. The SMILES string of the molecule is C=CCOC(=O)[C@@]1(NC(=O)[C@@H]2C[C@@H](Oc3cc(-c4csc(NC(C)C)n4)nc4cc(OCP(=O)(O)O)ccc34)CN2C(=O)[C@@H](NC(=O)OC2CCCC2)C(C)(C)C)CCC(=C)C1. The molecule has 3 aliphatic rings. The summed E-state index contributed by atoms with van der Waals surface area (Å²) in [5, 5.41) is 12.0. The number of likely N-dealkylation sites (tertiary alicyclic amines) is 1. The Labute approximate surface area is 365 Å². The van der Waals surface area contributed by atoms with E-state index >= 15 is 0 Å². The first-order chi connectivity index (χ1) is 29.2. The van der Waals surface area contributed by atoms with Crippen LogP contribution in [0.2, 0.25) is 0 Å². The maximum atomic E-state index is 14.8. The van der Waals surface area contributed by atoms with E-state index in [9.17, 15) is 33.5 Å². The number of nitrogens with zero attached hydrogens (tertiary/aromatic N) is 3. The number of hydrogen-bond acceptors (Lipinski definition) is 13. The third kappa shape index (κ3) is 11.5. The molecule has 19 heteroatoms. The first-order valence-corrected chi connectivity index (χ1v) is 23.5. The minimum Gasteiger partial charge on any atom is -0.488 e. The number of ether oxygens (including phenoxy) is 4. The van der Waals surface area contributed by atoms with Crippen molar-refractivity contribution in [1.29, 1.82) is 0 Å². The van der Waals surface area contributed by atoms with E-state index in [2.05, 4.69) is 29.1 Å². The van der Waals surface area contributed by atoms with Crippen molar-refractivity contribution in [3.05, 3.63) is 54.5 Å². The topological polar surface area (TPSA) is 228 Å². The highest BCUT2D eigenvalue weighted by molar-refractivity contribution is 7.51. The summed E-state index contributed by atoms with van der Waals surface area (Å²) in [6.45, 7) is 17.0. The van der Waals surface area contributed by atoms with Gasteiger partial charge < -0.3 is 49.6 Å². The quantitative estimate of drug-likeness (QED) is 0.0592. The molecule has 2 aromatic heterocycles. The van der Waals surface area contributed by atoms with Gasteiger partial charge in [-0.1, -0.05) is 45.6 Å². The summed E-state index contributed by atoms with van der Waals surface area (Å²) in [4.78, 5) is 86.0. The third-order valence-electron chi connectivity index (χ3n) is 11.0. The number of fused-ring (bicyclic) bond motifs is 1. The largest absolute Gasteiger partial charge is 0.488 e. The van der Waals surface area contributed by atoms with E-state index < -0.39 is 67.0 Å². The fraction of sp³-hybridized carbons (Fsp3) is 0.535. The van der Waals surface area contributed by atoms with Crippen LogP contribution in [0.25, 0.3) is 22.3 Å². The minimum atomic E-state index is -4.49. The molecule has 4 atom stereocenters. The van der Waals surface area contributed by atoms with Crippen LogP contribution in [0.15, 0.2) is 54.5 Å². The van der Waals surface area contributed by atoms with E-state index in [1.54, 1.807) is 12.1 Å². The number of carbonyl (C=O) groups excluding carboxylic acids is 4. The molecular weight excluding hydrogens is 840 g/mol. The normalized spacial score (nSPS) is 21.2. The van der Waals surface area contributed by atoms with Crippen LogP contribution in [-0.4, -0.2) is 104 Å². The zero-order valence-electron chi connectivity index (χ0n) is 35.8. The molecule has 0 radical (unpaired) electrons. The molecule has 0 bridgehead atoms. The smallest absolute Gasteiger partial charge is 0.408 e. The Kier molecular flexibility index (Phi) is 14.4. The molecule has 6 rings (SSSR count). The van der Waals surface area contributed by atoms with Crippen LogP contribution in [0, 0.1) is 5.41 Å². The summed E-state index contributed by atoms with van der Waals surface area (Å²) < 4.78 is 34.9. The molecule has 17 nitrogen and oxygen atoms in total. The van der Waals surface area contributed by atoms with Crippen molar-refractivity contribution in [2.75, 3.05) is 24.8 Å². The van der Waals surface area contributed by atoms with E-state index in [1.807, 2.05) is 40.0 Å². The van der Waals surface area contributed by atoms with E-state index in [1.165, 1.54) is 34.4 Å². The van der Waals surface area contributed by atoms with Gasteiger partial charge in [-0.25, -0.2) is 19.6 Å². The summed E-state index contributed by atoms with van der Waals surface area (Å²) in [5.74, 6) is -1.28. The first kappa shape index (κ1) is 46.5. The van der Waals surface area contributed by atoms with E-state index in [-0.39, 0.29) is 50.3 Å². The number of aromatic nitrogens is 2. The van der Waals surface area contributed by atoms with Crippen LogP contribution < -0.4 is 25.4 Å². The van der Waals surface area contributed by atoms with Crippen LogP contribution in [0.5, 0.6) is 11.5 Å². The monoisotopic (exact) mass is 896 g/mol. The Morgan fingerprint density at radius 2 is 1.84 bits per heavy atom. The van der Waals surface area contributed by atoms with Gasteiger partial charge in [-0.3, -0.25) is 14.2 Å². The second kappa shape index (κ2) is 19.2. The number of anilines is 1. The van der Waals surface area contributed by atoms with E-state index in [4.69, 9.17) is 28.9 Å². The van der Waals surface area contributed by atoms with Gasteiger partial charge >= 0.3 is 19.7 Å². The number of hydrogen-bond donors (Lipinski definition) is 5. The summed E-state index contributed by atoms with van der Waals surface area (Å²) >= 11 is 1.39. The lowest BCUT2D eigenvalue weighted by Crippen LogP contribution is -2.61. The zero-order chi connectivity index (χ0) is 45.0. The van der Waals surface area contributed by atoms with E-state index in [0.717, 1.165) is 31.3 Å². The number of carbonyl (C=O) groups is 4. The Bertz CT molecular complexity index is 2230. The molecule has 3 heterocycles. The number of thiazole rings is 1. The molecule has 1 saturated heterocycles. The highest BCUT2D eigenvalue weighted by Gasteiger charge is 2.51. The van der Waals surface area contributed by atoms with Gasteiger partial charge in [0.05, 0.1) is 17.8 Å². The van der Waals surface area contributed by atoms with Crippen LogP contribution in [0.4, 0.5) is 9.93 Å². The van der Waals surface area contributed by atoms with Gasteiger partial charge in [-0.15, -0.1) is 11.3 Å². The predicted molar refractivity (Wildman–Crippen MR) is 234 cm³/mol. The number of alkyl carbamates (subject to hydrolysis) is 1. The standard InChI is InChI=1S/C43H57N6O11PS/c1-8-17-57-39(52)43(16-15-26(4)21-43)48-37(50)34-19-29(22-49(34)38(51)36(42(5,6)7)47-41(53)60-27-11-9-10-12-27)59-35-20-32(33-23-62-40(46-33)44-25(2)3)45-31-18-28(13-14-30(31)35)58-24-61(54,55)56/h8,13-14,18,20,23,25,27,29,34,36H,1,4,9-12,15-17,19,21-22,24H2,2-3,5-7H3,(H,44,46)(H,47,53)(H,48,50)(H2,54,55,56)/t29-,34+,36-,43-/m1/s1. The molecule has 2 aliphatic carbocycles. The highest BCUT2D eigenvalue weighted by Crippen LogP contribution is 2.39. The number of benzene rings is 1. The van der Waals surface area contributed by atoms with Crippen molar-refractivity contribution in [1.82, 2.24) is 25.5 Å². The van der Waals surface area contributed by atoms with Gasteiger partial charge in [0.2, 0.25) is 11.8 Å². The molecule has 2 saturated carbocycles. The van der Waals surface area contributed by atoms with Crippen molar-refractivity contribution in [3.8, 4) is 22.9 Å². The lowest BCUT2D eigenvalue weighted by atomic mass is 9.85. The van der Waals surface area contributed by atoms with Crippen molar-refractivity contribution in [2.45, 2.75) is 122 Å². The van der Waals surface area contributed by atoms with Crippen molar-refractivity contribution >= 4 is 58.8 Å². The molecular formula is C43H57N6O11PS. The first-order valence-electron chi connectivity index (χ1n) is 20.8. The second-order valence-electron chi connectivity index (χ2n) is 17.6.